The van der Waals surface area contributed by atoms with Crippen LogP contribution < -0.4 is 10.6 Å². The number of nitrogens with one attached hydrogen (secondary N) is 2. The van der Waals surface area contributed by atoms with E-state index in [9.17, 15) is 4.79 Å². The summed E-state index contributed by atoms with van der Waals surface area (Å²) in [7, 11) is 0. The number of hydrogen-bond acceptors (Lipinski definition) is 2. The van der Waals surface area contributed by atoms with Crippen molar-refractivity contribution in [2.45, 2.75) is 13.8 Å². The Kier molecular flexibility index (Phi) is 5.26. The van der Waals surface area contributed by atoms with Gasteiger partial charge < -0.3 is 10.6 Å². The molecule has 110 valence electrons. The third-order valence-corrected chi connectivity index (χ3v) is 4.17. The van der Waals surface area contributed by atoms with Gasteiger partial charge in [0.2, 0.25) is 5.91 Å². The Balaban J connectivity index is 1.97. The fraction of sp³-hybridized carbons (Fsp3) is 0.188. The molecular formula is C16H16BrClN2O. The number of benzene rings is 2. The summed E-state index contributed by atoms with van der Waals surface area (Å²) < 4.78 is 0.870. The molecule has 0 bridgehead atoms. The van der Waals surface area contributed by atoms with E-state index in [-0.39, 0.29) is 12.5 Å². The van der Waals surface area contributed by atoms with E-state index in [0.29, 0.717) is 5.02 Å². The van der Waals surface area contributed by atoms with E-state index < -0.39 is 0 Å². The number of amides is 1. The van der Waals surface area contributed by atoms with E-state index in [4.69, 9.17) is 11.6 Å². The number of halogens is 2. The molecule has 2 N–H and O–H groups in total. The van der Waals surface area contributed by atoms with Crippen molar-refractivity contribution in [3.05, 3.63) is 57.0 Å². The van der Waals surface area contributed by atoms with Crippen LogP contribution in [0, 0.1) is 13.8 Å². The minimum absolute atomic E-state index is 0.112. The first-order valence-corrected chi connectivity index (χ1v) is 7.69. The van der Waals surface area contributed by atoms with Gasteiger partial charge in [-0.05, 0) is 65.2 Å². The van der Waals surface area contributed by atoms with E-state index >= 15 is 0 Å². The van der Waals surface area contributed by atoms with Crippen LogP contribution in [0.2, 0.25) is 5.02 Å². The minimum Gasteiger partial charge on any atom is -0.376 e. The highest BCUT2D eigenvalue weighted by Gasteiger charge is 2.07. The van der Waals surface area contributed by atoms with Gasteiger partial charge in [0.1, 0.15) is 0 Å². The van der Waals surface area contributed by atoms with Gasteiger partial charge in [-0.25, -0.2) is 0 Å². The van der Waals surface area contributed by atoms with E-state index in [0.717, 1.165) is 27.0 Å². The molecule has 0 saturated heterocycles. The lowest BCUT2D eigenvalue weighted by molar-refractivity contribution is -0.114. The maximum atomic E-state index is 12.0. The zero-order valence-electron chi connectivity index (χ0n) is 11.8. The van der Waals surface area contributed by atoms with Crippen LogP contribution in [0.15, 0.2) is 40.9 Å². The average molecular weight is 368 g/mol. The Hall–Kier alpha value is -1.52. The van der Waals surface area contributed by atoms with Crippen LogP contribution in [0.25, 0.3) is 0 Å². The summed E-state index contributed by atoms with van der Waals surface area (Å²) in [6.45, 7) is 4.10. The summed E-state index contributed by atoms with van der Waals surface area (Å²) in [5.74, 6) is -0.112. The molecule has 0 unspecified atom stereocenters. The quantitative estimate of drug-likeness (QED) is 0.817. The van der Waals surface area contributed by atoms with Gasteiger partial charge in [-0.3, -0.25) is 4.79 Å². The van der Waals surface area contributed by atoms with Crippen LogP contribution in [0.1, 0.15) is 11.1 Å². The molecule has 0 aromatic heterocycles. The van der Waals surface area contributed by atoms with Gasteiger partial charge in [-0.2, -0.15) is 0 Å². The summed E-state index contributed by atoms with van der Waals surface area (Å²) in [4.78, 5) is 12.0. The maximum absolute atomic E-state index is 12.0. The van der Waals surface area contributed by atoms with Crippen molar-refractivity contribution in [3.63, 3.8) is 0 Å². The Morgan fingerprint density at radius 3 is 2.67 bits per heavy atom. The third kappa shape index (κ3) is 4.22. The molecule has 0 saturated carbocycles. The zero-order chi connectivity index (χ0) is 15.4. The van der Waals surface area contributed by atoms with Crippen LogP contribution in [0.4, 0.5) is 11.4 Å². The van der Waals surface area contributed by atoms with Crippen LogP contribution in [0.5, 0.6) is 0 Å². The summed E-state index contributed by atoms with van der Waals surface area (Å²) >= 11 is 9.49. The highest BCUT2D eigenvalue weighted by molar-refractivity contribution is 9.10. The average Bonchev–Trinajstić information content (AvgIpc) is 2.43. The molecule has 5 heteroatoms. The molecule has 2 aromatic rings. The molecule has 0 aliphatic carbocycles. The lowest BCUT2D eigenvalue weighted by Gasteiger charge is -2.12. The number of aryl methyl sites for hydroxylation is 1. The van der Waals surface area contributed by atoms with E-state index in [1.165, 1.54) is 0 Å². The number of carbonyl (C=O) groups is 1. The van der Waals surface area contributed by atoms with E-state index in [2.05, 4.69) is 26.6 Å². The van der Waals surface area contributed by atoms with Crippen molar-refractivity contribution < 1.29 is 4.79 Å². The molecule has 0 heterocycles. The van der Waals surface area contributed by atoms with Crippen molar-refractivity contribution in [2.24, 2.45) is 0 Å². The minimum atomic E-state index is -0.112. The number of carbonyl (C=O) groups excluding carboxylic acids is 1. The Morgan fingerprint density at radius 1 is 1.19 bits per heavy atom. The smallest absolute Gasteiger partial charge is 0.243 e. The normalized spacial score (nSPS) is 10.3. The summed E-state index contributed by atoms with van der Waals surface area (Å²) in [6, 6.07) is 11.4. The first-order valence-electron chi connectivity index (χ1n) is 6.52. The van der Waals surface area contributed by atoms with Crippen LogP contribution in [0.3, 0.4) is 0 Å². The lowest BCUT2D eigenvalue weighted by atomic mass is 10.2. The molecule has 2 aromatic carbocycles. The summed E-state index contributed by atoms with van der Waals surface area (Å²) in [5, 5.41) is 6.64. The van der Waals surface area contributed by atoms with Gasteiger partial charge in [0.05, 0.1) is 12.2 Å². The Bertz CT molecular complexity index is 673. The van der Waals surface area contributed by atoms with Crippen molar-refractivity contribution in [2.75, 3.05) is 17.2 Å². The molecule has 3 nitrogen and oxygen atoms in total. The SMILES string of the molecule is Cc1ccc(NC(=O)CNc2cccc(Cl)c2C)c(Br)c1. The molecule has 0 spiro atoms. The predicted octanol–water partition coefficient (Wildman–Crippen LogP) is 4.77. The first kappa shape index (κ1) is 15.9. The van der Waals surface area contributed by atoms with Crippen LogP contribution in [-0.4, -0.2) is 12.5 Å². The number of hydrogen-bond donors (Lipinski definition) is 2. The maximum Gasteiger partial charge on any atom is 0.243 e. The molecule has 0 aliphatic rings. The van der Waals surface area contributed by atoms with Gasteiger partial charge in [0.25, 0.3) is 0 Å². The third-order valence-electron chi connectivity index (χ3n) is 3.11. The van der Waals surface area contributed by atoms with Crippen molar-refractivity contribution >= 4 is 44.8 Å². The van der Waals surface area contributed by atoms with Gasteiger partial charge in [0, 0.05) is 15.2 Å². The topological polar surface area (TPSA) is 41.1 Å². The monoisotopic (exact) mass is 366 g/mol. The predicted molar refractivity (Wildman–Crippen MR) is 92.2 cm³/mol. The molecule has 0 fully saturated rings. The van der Waals surface area contributed by atoms with Crippen LogP contribution >= 0.6 is 27.5 Å². The molecule has 0 aliphatic heterocycles. The Labute approximate surface area is 137 Å². The molecule has 0 radical (unpaired) electrons. The zero-order valence-corrected chi connectivity index (χ0v) is 14.2. The van der Waals surface area contributed by atoms with Gasteiger partial charge in [0.15, 0.2) is 0 Å². The molecule has 1 amide bonds. The fourth-order valence-electron chi connectivity index (χ4n) is 1.89. The van der Waals surface area contributed by atoms with Gasteiger partial charge in [-0.15, -0.1) is 0 Å². The second kappa shape index (κ2) is 6.96. The van der Waals surface area contributed by atoms with Crippen LogP contribution in [-0.2, 0) is 4.79 Å². The number of rotatable bonds is 4. The fourth-order valence-corrected chi connectivity index (χ4v) is 2.66. The molecular weight excluding hydrogens is 352 g/mol. The second-order valence-electron chi connectivity index (χ2n) is 4.80. The molecule has 2 rings (SSSR count). The van der Waals surface area contributed by atoms with Gasteiger partial charge >= 0.3 is 0 Å². The van der Waals surface area contributed by atoms with E-state index in [1.807, 2.05) is 50.2 Å². The lowest BCUT2D eigenvalue weighted by Crippen LogP contribution is -2.22. The Morgan fingerprint density at radius 2 is 1.95 bits per heavy atom. The molecule has 0 atom stereocenters. The van der Waals surface area contributed by atoms with Crippen molar-refractivity contribution in [1.29, 1.82) is 0 Å². The first-order chi connectivity index (χ1) is 9.97. The largest absolute Gasteiger partial charge is 0.376 e. The highest BCUT2D eigenvalue weighted by Crippen LogP contribution is 2.24. The van der Waals surface area contributed by atoms with Gasteiger partial charge in [-0.1, -0.05) is 23.7 Å². The summed E-state index contributed by atoms with van der Waals surface area (Å²) in [6.07, 6.45) is 0. The number of anilines is 2. The second-order valence-corrected chi connectivity index (χ2v) is 6.06. The molecule has 21 heavy (non-hydrogen) atoms. The van der Waals surface area contributed by atoms with Crippen molar-refractivity contribution in [1.82, 2.24) is 0 Å². The highest BCUT2D eigenvalue weighted by atomic mass is 79.9. The van der Waals surface area contributed by atoms with E-state index in [1.54, 1.807) is 0 Å². The van der Waals surface area contributed by atoms with Crippen molar-refractivity contribution in [3.8, 4) is 0 Å². The summed E-state index contributed by atoms with van der Waals surface area (Å²) in [5.41, 5.74) is 3.69. The standard InChI is InChI=1S/C16H16BrClN2O/c1-10-6-7-15(12(17)8-10)20-16(21)9-19-14-5-3-4-13(18)11(14)2/h3-8,19H,9H2,1-2H3,(H,20,21).